The number of hydrogen-bond acceptors (Lipinski definition) is 4. The van der Waals surface area contributed by atoms with E-state index in [0.717, 1.165) is 11.3 Å². The molecule has 1 amide bonds. The first kappa shape index (κ1) is 18.9. The van der Waals surface area contributed by atoms with Crippen LogP contribution in [0.2, 0.25) is 5.02 Å². The van der Waals surface area contributed by atoms with E-state index in [0.29, 0.717) is 33.0 Å². The SMILES string of the molecule is CC(=O)N1CCc2c(sc3nc(C(F)(F)F)n(-c4ccc(Cl)cc4)c(=O)c23)C1. The Kier molecular flexibility index (Phi) is 4.46. The number of aromatic nitrogens is 2. The van der Waals surface area contributed by atoms with Crippen molar-refractivity contribution < 1.29 is 18.0 Å². The maximum Gasteiger partial charge on any atom is 0.450 e. The van der Waals surface area contributed by atoms with Gasteiger partial charge in [0, 0.05) is 23.4 Å². The second-order valence-corrected chi connectivity index (χ2v) is 7.94. The molecule has 0 spiro atoms. The molecule has 0 atom stereocenters. The molecular weight excluding hydrogens is 415 g/mol. The fourth-order valence-corrected chi connectivity index (χ4v) is 4.68. The second-order valence-electron chi connectivity index (χ2n) is 6.42. The number of halogens is 4. The van der Waals surface area contributed by atoms with Crippen LogP contribution in [0.15, 0.2) is 29.1 Å². The number of thiophene rings is 1. The zero-order valence-corrected chi connectivity index (χ0v) is 16.1. The number of benzene rings is 1. The normalized spacial score (nSPS) is 14.4. The van der Waals surface area contributed by atoms with Crippen LogP contribution in [0, 0.1) is 0 Å². The zero-order valence-electron chi connectivity index (χ0n) is 14.5. The fourth-order valence-electron chi connectivity index (χ4n) is 3.33. The van der Waals surface area contributed by atoms with Crippen molar-refractivity contribution in [3.05, 3.63) is 55.9 Å². The number of hydrogen-bond donors (Lipinski definition) is 0. The molecule has 28 heavy (non-hydrogen) atoms. The molecule has 0 fully saturated rings. The maximum absolute atomic E-state index is 13.7. The van der Waals surface area contributed by atoms with Crippen molar-refractivity contribution in [1.29, 1.82) is 0 Å². The molecule has 0 unspecified atom stereocenters. The molecule has 5 nitrogen and oxygen atoms in total. The van der Waals surface area contributed by atoms with Gasteiger partial charge in [-0.1, -0.05) is 11.6 Å². The van der Waals surface area contributed by atoms with Gasteiger partial charge in [0.05, 0.1) is 17.6 Å². The maximum atomic E-state index is 13.7. The van der Waals surface area contributed by atoms with E-state index in [4.69, 9.17) is 11.6 Å². The van der Waals surface area contributed by atoms with E-state index in [2.05, 4.69) is 4.98 Å². The molecule has 1 aliphatic rings. The lowest BCUT2D eigenvalue weighted by Gasteiger charge is -2.25. The van der Waals surface area contributed by atoms with Crippen molar-refractivity contribution >= 4 is 39.1 Å². The molecule has 0 N–H and O–H groups in total. The van der Waals surface area contributed by atoms with Gasteiger partial charge in [0.2, 0.25) is 11.7 Å². The minimum Gasteiger partial charge on any atom is -0.337 e. The summed E-state index contributed by atoms with van der Waals surface area (Å²) in [5.74, 6) is -1.40. The van der Waals surface area contributed by atoms with Crippen molar-refractivity contribution in [2.45, 2.75) is 26.1 Å². The van der Waals surface area contributed by atoms with Gasteiger partial charge in [-0.15, -0.1) is 11.3 Å². The van der Waals surface area contributed by atoms with E-state index in [1.165, 1.54) is 31.2 Å². The molecule has 0 saturated carbocycles. The Morgan fingerprint density at radius 1 is 1.25 bits per heavy atom. The summed E-state index contributed by atoms with van der Waals surface area (Å²) in [6.07, 6.45) is -4.42. The van der Waals surface area contributed by atoms with E-state index in [1.807, 2.05) is 0 Å². The average Bonchev–Trinajstić information content (AvgIpc) is 2.99. The predicted molar refractivity (Wildman–Crippen MR) is 100 cm³/mol. The van der Waals surface area contributed by atoms with E-state index in [-0.39, 0.29) is 28.4 Å². The molecule has 3 aromatic rings. The molecular formula is C18H13ClF3N3O2S. The van der Waals surface area contributed by atoms with Crippen LogP contribution in [0.1, 0.15) is 23.2 Å². The molecule has 1 aliphatic heterocycles. The molecule has 10 heteroatoms. The summed E-state index contributed by atoms with van der Waals surface area (Å²) in [5.41, 5.74) is -0.0582. The lowest BCUT2D eigenvalue weighted by atomic mass is 10.1. The number of alkyl halides is 3. The van der Waals surface area contributed by atoms with Gasteiger partial charge in [-0.05, 0) is 36.2 Å². The highest BCUT2D eigenvalue weighted by atomic mass is 35.5. The number of carbonyl (C=O) groups excluding carboxylic acids is 1. The Hall–Kier alpha value is -2.39. The van der Waals surface area contributed by atoms with Crippen LogP contribution in [0.3, 0.4) is 0 Å². The molecule has 3 heterocycles. The van der Waals surface area contributed by atoms with Gasteiger partial charge < -0.3 is 4.90 Å². The summed E-state index contributed by atoms with van der Waals surface area (Å²) in [6, 6.07) is 5.54. The topological polar surface area (TPSA) is 55.2 Å². The summed E-state index contributed by atoms with van der Waals surface area (Å²) in [7, 11) is 0. The number of nitrogens with zero attached hydrogens (tertiary/aromatic N) is 3. The quantitative estimate of drug-likeness (QED) is 0.589. The van der Waals surface area contributed by atoms with Crippen LogP contribution >= 0.6 is 22.9 Å². The predicted octanol–water partition coefficient (Wildman–Crippen LogP) is 4.02. The van der Waals surface area contributed by atoms with Crippen LogP contribution in [0.25, 0.3) is 15.9 Å². The van der Waals surface area contributed by atoms with Crippen LogP contribution in [-0.4, -0.2) is 26.9 Å². The van der Waals surface area contributed by atoms with E-state index in [1.54, 1.807) is 4.90 Å². The summed E-state index contributed by atoms with van der Waals surface area (Å²) < 4.78 is 41.6. The molecule has 4 rings (SSSR count). The summed E-state index contributed by atoms with van der Waals surface area (Å²) in [4.78, 5) is 30.9. The van der Waals surface area contributed by atoms with Gasteiger partial charge in [0.1, 0.15) is 4.83 Å². The molecule has 1 aromatic carbocycles. The average molecular weight is 428 g/mol. The molecule has 0 bridgehead atoms. The van der Waals surface area contributed by atoms with Gasteiger partial charge >= 0.3 is 6.18 Å². The number of amides is 1. The van der Waals surface area contributed by atoms with Crippen LogP contribution in [-0.2, 0) is 23.9 Å². The highest BCUT2D eigenvalue weighted by Gasteiger charge is 2.39. The summed E-state index contributed by atoms with van der Waals surface area (Å²) >= 11 is 6.86. The minimum absolute atomic E-state index is 0.0391. The van der Waals surface area contributed by atoms with E-state index >= 15 is 0 Å². The molecule has 146 valence electrons. The minimum atomic E-state index is -4.82. The smallest absolute Gasteiger partial charge is 0.337 e. The Labute approximate surface area is 166 Å². The van der Waals surface area contributed by atoms with Crippen LogP contribution in [0.4, 0.5) is 13.2 Å². The van der Waals surface area contributed by atoms with E-state index < -0.39 is 17.6 Å². The van der Waals surface area contributed by atoms with Crippen molar-refractivity contribution in [3.63, 3.8) is 0 Å². The standard InChI is InChI=1S/C18H13ClF3N3O2S/c1-9(26)24-7-6-12-13(8-24)28-15-14(12)16(27)25(17(23-15)18(20,21)22)11-4-2-10(19)3-5-11/h2-5H,6-8H2,1H3. The molecule has 0 radical (unpaired) electrons. The first-order chi connectivity index (χ1) is 13.2. The highest BCUT2D eigenvalue weighted by Crippen LogP contribution is 2.36. The lowest BCUT2D eigenvalue weighted by Crippen LogP contribution is -2.34. The third-order valence-electron chi connectivity index (χ3n) is 4.66. The van der Waals surface area contributed by atoms with Crippen molar-refractivity contribution in [3.8, 4) is 5.69 Å². The molecule has 0 saturated heterocycles. The van der Waals surface area contributed by atoms with Crippen LogP contribution in [0.5, 0.6) is 0 Å². The van der Waals surface area contributed by atoms with Gasteiger partial charge in [-0.2, -0.15) is 13.2 Å². The Morgan fingerprint density at radius 3 is 2.54 bits per heavy atom. The van der Waals surface area contributed by atoms with Gasteiger partial charge in [0.15, 0.2) is 0 Å². The van der Waals surface area contributed by atoms with Gasteiger partial charge in [-0.3, -0.25) is 14.2 Å². The second kappa shape index (κ2) is 6.59. The van der Waals surface area contributed by atoms with Crippen molar-refractivity contribution in [1.82, 2.24) is 14.5 Å². The number of fused-ring (bicyclic) bond motifs is 3. The van der Waals surface area contributed by atoms with Crippen LogP contribution < -0.4 is 5.56 Å². The largest absolute Gasteiger partial charge is 0.450 e. The molecule has 2 aromatic heterocycles. The van der Waals surface area contributed by atoms with Gasteiger partial charge in [0.25, 0.3) is 5.56 Å². The lowest BCUT2D eigenvalue weighted by molar-refractivity contribution is -0.146. The molecule has 0 aliphatic carbocycles. The first-order valence-corrected chi connectivity index (χ1v) is 9.52. The summed E-state index contributed by atoms with van der Waals surface area (Å²) in [6.45, 7) is 2.12. The third kappa shape index (κ3) is 3.08. The Balaban J connectivity index is 2.01. The summed E-state index contributed by atoms with van der Waals surface area (Å²) in [5, 5.41) is 0.530. The van der Waals surface area contributed by atoms with Gasteiger partial charge in [-0.25, -0.2) is 4.98 Å². The van der Waals surface area contributed by atoms with Crippen molar-refractivity contribution in [2.24, 2.45) is 0 Å². The number of rotatable bonds is 1. The fraction of sp³-hybridized carbons (Fsp3) is 0.278. The monoisotopic (exact) mass is 427 g/mol. The Bertz CT molecular complexity index is 1150. The highest BCUT2D eigenvalue weighted by molar-refractivity contribution is 7.18. The van der Waals surface area contributed by atoms with E-state index in [9.17, 15) is 22.8 Å². The first-order valence-electron chi connectivity index (χ1n) is 8.32. The number of carbonyl (C=O) groups is 1. The van der Waals surface area contributed by atoms with Crippen molar-refractivity contribution in [2.75, 3.05) is 6.54 Å². The Morgan fingerprint density at radius 2 is 1.93 bits per heavy atom. The zero-order chi connectivity index (χ0) is 20.2. The third-order valence-corrected chi connectivity index (χ3v) is 6.02.